The molecule has 0 spiro atoms. The van der Waals surface area contributed by atoms with Gasteiger partial charge in [0.15, 0.2) is 5.76 Å². The topological polar surface area (TPSA) is 77.8 Å². The molecule has 0 saturated heterocycles. The largest absolute Gasteiger partial charge is 0.489 e. The van der Waals surface area contributed by atoms with Crippen molar-refractivity contribution in [3.05, 3.63) is 53.5 Å². The summed E-state index contributed by atoms with van der Waals surface area (Å²) in [6.45, 7) is 4.06. The molecule has 6 heteroatoms. The highest BCUT2D eigenvalue weighted by atomic mass is 16.6. The van der Waals surface area contributed by atoms with Gasteiger partial charge in [0.1, 0.15) is 25.5 Å². The molecule has 122 valence electrons. The van der Waals surface area contributed by atoms with Crippen molar-refractivity contribution in [2.75, 3.05) is 19.8 Å². The molecular weight excluding hydrogens is 298 g/mol. The molecule has 0 saturated carbocycles. The second-order valence-corrected chi connectivity index (χ2v) is 4.95. The van der Waals surface area contributed by atoms with E-state index >= 15 is 0 Å². The van der Waals surface area contributed by atoms with Gasteiger partial charge in [0, 0.05) is 0 Å². The van der Waals surface area contributed by atoms with E-state index in [9.17, 15) is 9.59 Å². The maximum atomic E-state index is 11.6. The van der Waals surface area contributed by atoms with Gasteiger partial charge in [-0.1, -0.05) is 18.2 Å². The molecule has 0 aliphatic heterocycles. The van der Waals surface area contributed by atoms with Crippen LogP contribution in [0.15, 0.2) is 41.0 Å². The molecular formula is C17H19NO5. The lowest BCUT2D eigenvalue weighted by Gasteiger charge is -2.12. The van der Waals surface area contributed by atoms with Gasteiger partial charge in [-0.15, -0.1) is 0 Å². The highest BCUT2D eigenvalue weighted by Crippen LogP contribution is 2.21. The number of ether oxygens (including phenoxy) is 2. The average molecular weight is 317 g/mol. The zero-order valence-electron chi connectivity index (χ0n) is 13.1. The first-order valence-electron chi connectivity index (χ1n) is 7.24. The zero-order chi connectivity index (χ0) is 16.7. The smallest absolute Gasteiger partial charge is 0.325 e. The van der Waals surface area contributed by atoms with Crippen LogP contribution in [0.1, 0.15) is 21.7 Å². The van der Waals surface area contributed by atoms with Gasteiger partial charge in [0.2, 0.25) is 0 Å². The number of para-hydroxylation sites is 1. The molecule has 1 heterocycles. The quantitative estimate of drug-likeness (QED) is 0.626. The standard InChI is InChI=1S/C17H19NO5/c1-12-5-3-6-13(2)16(12)23-10-9-22-15(19)11-18-17(20)14-7-4-8-21-14/h3-8H,9-11H2,1-2H3,(H,18,20). The minimum atomic E-state index is -0.532. The lowest BCUT2D eigenvalue weighted by molar-refractivity contribution is -0.143. The Morgan fingerprint density at radius 1 is 1.09 bits per heavy atom. The SMILES string of the molecule is Cc1cccc(C)c1OCCOC(=O)CNC(=O)c1ccco1. The Balaban J connectivity index is 1.66. The first kappa shape index (κ1) is 16.6. The number of amides is 1. The minimum Gasteiger partial charge on any atom is -0.489 e. The number of rotatable bonds is 7. The van der Waals surface area contributed by atoms with Crippen molar-refractivity contribution in [3.63, 3.8) is 0 Å². The molecule has 1 aromatic carbocycles. The Hall–Kier alpha value is -2.76. The van der Waals surface area contributed by atoms with Crippen molar-refractivity contribution in [1.82, 2.24) is 5.32 Å². The van der Waals surface area contributed by atoms with Crippen molar-refractivity contribution >= 4 is 11.9 Å². The summed E-state index contributed by atoms with van der Waals surface area (Å²) < 4.78 is 15.5. The monoisotopic (exact) mass is 317 g/mol. The van der Waals surface area contributed by atoms with E-state index in [2.05, 4.69) is 5.32 Å². The van der Waals surface area contributed by atoms with Crippen LogP contribution in [0.25, 0.3) is 0 Å². The van der Waals surface area contributed by atoms with Crippen LogP contribution in [-0.2, 0) is 9.53 Å². The predicted molar refractivity (Wildman–Crippen MR) is 83.4 cm³/mol. The molecule has 0 aliphatic rings. The summed E-state index contributed by atoms with van der Waals surface area (Å²) in [6.07, 6.45) is 1.39. The molecule has 1 N–H and O–H groups in total. The molecule has 0 atom stereocenters. The van der Waals surface area contributed by atoms with E-state index in [0.717, 1.165) is 16.9 Å². The van der Waals surface area contributed by atoms with Crippen LogP contribution in [0.4, 0.5) is 0 Å². The molecule has 6 nitrogen and oxygen atoms in total. The third-order valence-electron chi connectivity index (χ3n) is 3.14. The summed E-state index contributed by atoms with van der Waals surface area (Å²) in [7, 11) is 0. The number of carbonyl (C=O) groups is 2. The van der Waals surface area contributed by atoms with E-state index in [1.54, 1.807) is 6.07 Å². The summed E-state index contributed by atoms with van der Waals surface area (Å²) in [4.78, 5) is 23.1. The van der Waals surface area contributed by atoms with Crippen molar-refractivity contribution in [3.8, 4) is 5.75 Å². The first-order valence-corrected chi connectivity index (χ1v) is 7.24. The number of aryl methyl sites for hydroxylation is 2. The molecule has 23 heavy (non-hydrogen) atoms. The number of hydrogen-bond donors (Lipinski definition) is 1. The molecule has 1 amide bonds. The van der Waals surface area contributed by atoms with E-state index in [1.165, 1.54) is 12.3 Å². The first-order chi connectivity index (χ1) is 11.1. The number of benzene rings is 1. The van der Waals surface area contributed by atoms with Crippen molar-refractivity contribution in [1.29, 1.82) is 0 Å². The van der Waals surface area contributed by atoms with Crippen LogP contribution >= 0.6 is 0 Å². The van der Waals surface area contributed by atoms with Gasteiger partial charge in [-0.25, -0.2) is 0 Å². The maximum absolute atomic E-state index is 11.6. The van der Waals surface area contributed by atoms with E-state index < -0.39 is 11.9 Å². The number of carbonyl (C=O) groups excluding carboxylic acids is 2. The van der Waals surface area contributed by atoms with Crippen LogP contribution in [0, 0.1) is 13.8 Å². The van der Waals surface area contributed by atoms with Crippen molar-refractivity contribution in [2.24, 2.45) is 0 Å². The van der Waals surface area contributed by atoms with Gasteiger partial charge in [-0.2, -0.15) is 0 Å². The number of nitrogens with one attached hydrogen (secondary N) is 1. The summed E-state index contributed by atoms with van der Waals surface area (Å²) in [5, 5.41) is 2.41. The highest BCUT2D eigenvalue weighted by Gasteiger charge is 2.11. The molecule has 1 aromatic heterocycles. The summed E-state index contributed by atoms with van der Waals surface area (Å²) in [5.74, 6) is -0.0421. The fourth-order valence-corrected chi connectivity index (χ4v) is 2.02. The van der Waals surface area contributed by atoms with Crippen LogP contribution in [0.2, 0.25) is 0 Å². The Morgan fingerprint density at radius 2 is 1.83 bits per heavy atom. The van der Waals surface area contributed by atoms with Crippen molar-refractivity contribution < 1.29 is 23.5 Å². The van der Waals surface area contributed by atoms with Crippen LogP contribution in [0.5, 0.6) is 5.75 Å². The third-order valence-corrected chi connectivity index (χ3v) is 3.14. The number of esters is 1. The Bertz CT molecular complexity index is 643. The van der Waals surface area contributed by atoms with Crippen LogP contribution < -0.4 is 10.1 Å². The van der Waals surface area contributed by atoms with Crippen LogP contribution in [-0.4, -0.2) is 31.6 Å². The van der Waals surface area contributed by atoms with Gasteiger partial charge in [-0.05, 0) is 37.1 Å². The fourth-order valence-electron chi connectivity index (χ4n) is 2.02. The lowest BCUT2D eigenvalue weighted by Crippen LogP contribution is -2.31. The van der Waals surface area contributed by atoms with E-state index in [4.69, 9.17) is 13.9 Å². The molecule has 2 rings (SSSR count). The molecule has 0 unspecified atom stereocenters. The fraction of sp³-hybridized carbons (Fsp3) is 0.294. The van der Waals surface area contributed by atoms with Gasteiger partial charge >= 0.3 is 5.97 Å². The normalized spacial score (nSPS) is 10.2. The number of hydrogen-bond acceptors (Lipinski definition) is 5. The molecule has 0 aliphatic carbocycles. The molecule has 2 aromatic rings. The number of furan rings is 1. The zero-order valence-corrected chi connectivity index (χ0v) is 13.1. The lowest BCUT2D eigenvalue weighted by atomic mass is 10.1. The summed E-state index contributed by atoms with van der Waals surface area (Å²) in [5.41, 5.74) is 2.06. The van der Waals surface area contributed by atoms with Gasteiger partial charge in [0.05, 0.1) is 6.26 Å². The second-order valence-electron chi connectivity index (χ2n) is 4.95. The molecule has 0 radical (unpaired) electrons. The van der Waals surface area contributed by atoms with Gasteiger partial charge in [-0.3, -0.25) is 9.59 Å². The van der Waals surface area contributed by atoms with E-state index in [0.29, 0.717) is 0 Å². The average Bonchev–Trinajstić information content (AvgIpc) is 3.06. The third kappa shape index (κ3) is 4.88. The van der Waals surface area contributed by atoms with Crippen molar-refractivity contribution in [2.45, 2.75) is 13.8 Å². The van der Waals surface area contributed by atoms with Crippen LogP contribution in [0.3, 0.4) is 0 Å². The van der Waals surface area contributed by atoms with Gasteiger partial charge in [0.25, 0.3) is 5.91 Å². The molecule has 0 bridgehead atoms. The summed E-state index contributed by atoms with van der Waals surface area (Å²) >= 11 is 0. The van der Waals surface area contributed by atoms with E-state index in [-0.39, 0.29) is 25.5 Å². The van der Waals surface area contributed by atoms with Gasteiger partial charge < -0.3 is 19.2 Å². The Morgan fingerprint density at radius 3 is 2.48 bits per heavy atom. The maximum Gasteiger partial charge on any atom is 0.325 e. The second kappa shape index (κ2) is 8.03. The highest BCUT2D eigenvalue weighted by molar-refractivity contribution is 5.93. The Kier molecular flexibility index (Phi) is 5.80. The Labute approximate surface area is 134 Å². The molecule has 0 fully saturated rings. The van der Waals surface area contributed by atoms with E-state index in [1.807, 2.05) is 32.0 Å². The summed E-state index contributed by atoms with van der Waals surface area (Å²) in [6, 6.07) is 8.98. The minimum absolute atomic E-state index is 0.114. The predicted octanol–water partition coefficient (Wildman–Crippen LogP) is 2.25.